The summed E-state index contributed by atoms with van der Waals surface area (Å²) in [5.41, 5.74) is 0.507. The maximum atomic E-state index is 12.1. The van der Waals surface area contributed by atoms with Gasteiger partial charge in [-0.2, -0.15) is 0 Å². The summed E-state index contributed by atoms with van der Waals surface area (Å²) in [5, 5.41) is 12.2. The molecule has 6 nitrogen and oxygen atoms in total. The summed E-state index contributed by atoms with van der Waals surface area (Å²) in [5.74, 6) is -0.535. The van der Waals surface area contributed by atoms with Crippen LogP contribution in [-0.4, -0.2) is 41.7 Å². The highest BCUT2D eigenvalue weighted by Gasteiger charge is 2.33. The van der Waals surface area contributed by atoms with Gasteiger partial charge in [0.15, 0.2) is 0 Å². The Morgan fingerprint density at radius 1 is 1.50 bits per heavy atom. The van der Waals surface area contributed by atoms with Crippen LogP contribution in [0.1, 0.15) is 12.8 Å². The van der Waals surface area contributed by atoms with E-state index in [1.165, 1.54) is 12.0 Å². The van der Waals surface area contributed by atoms with Crippen LogP contribution in [0.5, 0.6) is 5.75 Å². The first-order valence-electron chi connectivity index (χ1n) is 6.17. The van der Waals surface area contributed by atoms with E-state index < -0.39 is 18.0 Å². The molecule has 0 spiro atoms. The van der Waals surface area contributed by atoms with Crippen LogP contribution in [0.2, 0.25) is 5.02 Å². The predicted molar refractivity (Wildman–Crippen MR) is 74.4 cm³/mol. The maximum absolute atomic E-state index is 12.1. The van der Waals surface area contributed by atoms with Gasteiger partial charge in [-0.05, 0) is 25.0 Å². The third-order valence-corrected chi connectivity index (χ3v) is 3.51. The van der Waals surface area contributed by atoms with Gasteiger partial charge in [0.05, 0.1) is 12.1 Å². The molecule has 108 valence electrons. The highest BCUT2D eigenvalue weighted by molar-refractivity contribution is 6.32. The van der Waals surface area contributed by atoms with Crippen LogP contribution in [0.4, 0.5) is 10.5 Å². The lowest BCUT2D eigenvalue weighted by Crippen LogP contribution is -2.42. The monoisotopic (exact) mass is 298 g/mol. The van der Waals surface area contributed by atoms with Crippen molar-refractivity contribution in [1.82, 2.24) is 4.90 Å². The lowest BCUT2D eigenvalue weighted by atomic mass is 10.2. The Labute approximate surface area is 121 Å². The van der Waals surface area contributed by atoms with E-state index in [4.69, 9.17) is 21.4 Å². The van der Waals surface area contributed by atoms with Gasteiger partial charge in [0.25, 0.3) is 0 Å². The Morgan fingerprint density at radius 2 is 2.25 bits per heavy atom. The fourth-order valence-electron chi connectivity index (χ4n) is 2.20. The number of halogens is 1. The predicted octanol–water partition coefficient (Wildman–Crippen LogP) is 2.43. The Balaban J connectivity index is 2.09. The molecule has 1 aromatic carbocycles. The number of ether oxygens (including phenoxy) is 1. The highest BCUT2D eigenvalue weighted by Crippen LogP contribution is 2.28. The molecule has 0 aromatic heterocycles. The molecule has 1 heterocycles. The molecule has 1 aromatic rings. The Bertz CT molecular complexity index is 535. The molecule has 7 heteroatoms. The van der Waals surface area contributed by atoms with Crippen molar-refractivity contribution >= 4 is 29.3 Å². The molecule has 2 rings (SSSR count). The van der Waals surface area contributed by atoms with Crippen molar-refractivity contribution < 1.29 is 19.4 Å². The zero-order chi connectivity index (χ0) is 14.7. The number of carbonyl (C=O) groups excluding carboxylic acids is 1. The SMILES string of the molecule is COc1cc(NC(=O)N2CCCC2C(=O)O)ccc1Cl. The van der Waals surface area contributed by atoms with Crippen LogP contribution < -0.4 is 10.1 Å². The van der Waals surface area contributed by atoms with Gasteiger partial charge in [0, 0.05) is 18.3 Å². The fraction of sp³-hybridized carbons (Fsp3) is 0.385. The number of carbonyl (C=O) groups is 2. The third kappa shape index (κ3) is 2.96. The number of amides is 2. The van der Waals surface area contributed by atoms with E-state index in [0.29, 0.717) is 35.8 Å². The van der Waals surface area contributed by atoms with E-state index in [2.05, 4.69) is 5.32 Å². The largest absolute Gasteiger partial charge is 0.495 e. The van der Waals surface area contributed by atoms with Gasteiger partial charge < -0.3 is 20.1 Å². The van der Waals surface area contributed by atoms with E-state index in [1.807, 2.05) is 0 Å². The smallest absolute Gasteiger partial charge is 0.326 e. The van der Waals surface area contributed by atoms with Gasteiger partial charge >= 0.3 is 12.0 Å². The minimum absolute atomic E-state index is 0.431. The standard InChI is InChI=1S/C13H15ClN2O4/c1-20-11-7-8(4-5-9(11)14)15-13(19)16-6-2-3-10(16)12(17)18/h4-5,7,10H,2-3,6H2,1H3,(H,15,19)(H,17,18). The summed E-state index contributed by atoms with van der Waals surface area (Å²) in [6.45, 7) is 0.438. The Kier molecular flexibility index (Phi) is 4.34. The molecule has 1 saturated heterocycles. The number of urea groups is 1. The van der Waals surface area contributed by atoms with Crippen molar-refractivity contribution in [2.24, 2.45) is 0 Å². The third-order valence-electron chi connectivity index (χ3n) is 3.20. The summed E-state index contributed by atoms with van der Waals surface area (Å²) in [4.78, 5) is 24.5. The van der Waals surface area contributed by atoms with Gasteiger partial charge in [0.2, 0.25) is 0 Å². The maximum Gasteiger partial charge on any atom is 0.326 e. The number of hydrogen-bond donors (Lipinski definition) is 2. The Hall–Kier alpha value is -1.95. The van der Waals surface area contributed by atoms with Gasteiger partial charge in [-0.3, -0.25) is 0 Å². The van der Waals surface area contributed by atoms with Crippen LogP contribution >= 0.6 is 11.6 Å². The number of nitrogens with one attached hydrogen (secondary N) is 1. The highest BCUT2D eigenvalue weighted by atomic mass is 35.5. The van der Waals surface area contributed by atoms with Crippen molar-refractivity contribution in [3.05, 3.63) is 23.2 Å². The summed E-state index contributed by atoms with van der Waals surface area (Å²) in [6, 6.07) is 3.64. The number of hydrogen-bond acceptors (Lipinski definition) is 3. The normalized spacial score (nSPS) is 17.9. The van der Waals surface area contributed by atoms with Gasteiger partial charge in [-0.25, -0.2) is 9.59 Å². The van der Waals surface area contributed by atoms with E-state index in [9.17, 15) is 9.59 Å². The van der Waals surface area contributed by atoms with Crippen molar-refractivity contribution in [3.8, 4) is 5.75 Å². The van der Waals surface area contributed by atoms with E-state index in [1.54, 1.807) is 18.2 Å². The number of nitrogens with zero attached hydrogens (tertiary/aromatic N) is 1. The van der Waals surface area contributed by atoms with Crippen LogP contribution in [0.25, 0.3) is 0 Å². The molecule has 0 radical (unpaired) electrons. The molecule has 0 bridgehead atoms. The van der Waals surface area contributed by atoms with E-state index in [0.717, 1.165) is 0 Å². The van der Waals surface area contributed by atoms with Crippen LogP contribution in [0, 0.1) is 0 Å². The molecule has 2 amide bonds. The summed E-state index contributed by atoms with van der Waals surface area (Å²) >= 11 is 5.90. The quantitative estimate of drug-likeness (QED) is 0.898. The molecule has 2 N–H and O–H groups in total. The van der Waals surface area contributed by atoms with Crippen molar-refractivity contribution in [2.75, 3.05) is 19.0 Å². The lowest BCUT2D eigenvalue weighted by molar-refractivity contribution is -0.141. The first-order valence-corrected chi connectivity index (χ1v) is 6.54. The minimum Gasteiger partial charge on any atom is -0.495 e. The number of carboxylic acid groups (broad SMARTS) is 1. The number of anilines is 1. The van der Waals surface area contributed by atoms with Crippen LogP contribution in [-0.2, 0) is 4.79 Å². The molecule has 1 aliphatic heterocycles. The molecular weight excluding hydrogens is 284 g/mol. The van der Waals surface area contributed by atoms with Crippen molar-refractivity contribution in [1.29, 1.82) is 0 Å². The number of rotatable bonds is 3. The molecule has 1 unspecified atom stereocenters. The first-order chi connectivity index (χ1) is 9.52. The number of benzene rings is 1. The molecule has 1 aliphatic rings. The second kappa shape index (κ2) is 6.00. The molecule has 0 aliphatic carbocycles. The Morgan fingerprint density at radius 3 is 2.90 bits per heavy atom. The van der Waals surface area contributed by atoms with Crippen molar-refractivity contribution in [2.45, 2.75) is 18.9 Å². The van der Waals surface area contributed by atoms with Crippen LogP contribution in [0.15, 0.2) is 18.2 Å². The zero-order valence-corrected chi connectivity index (χ0v) is 11.7. The van der Waals surface area contributed by atoms with Gasteiger partial charge in [-0.1, -0.05) is 11.6 Å². The minimum atomic E-state index is -0.980. The summed E-state index contributed by atoms with van der Waals surface area (Å²) in [7, 11) is 1.48. The number of aliphatic carboxylic acids is 1. The van der Waals surface area contributed by atoms with E-state index >= 15 is 0 Å². The van der Waals surface area contributed by atoms with Gasteiger partial charge in [-0.15, -0.1) is 0 Å². The molecule has 1 fully saturated rings. The average Bonchev–Trinajstić information content (AvgIpc) is 2.90. The number of likely N-dealkylation sites (tertiary alicyclic amines) is 1. The lowest BCUT2D eigenvalue weighted by Gasteiger charge is -2.22. The topological polar surface area (TPSA) is 78.9 Å². The zero-order valence-electron chi connectivity index (χ0n) is 10.9. The van der Waals surface area contributed by atoms with E-state index in [-0.39, 0.29) is 0 Å². The molecule has 20 heavy (non-hydrogen) atoms. The number of methoxy groups -OCH3 is 1. The molecule has 0 saturated carbocycles. The van der Waals surface area contributed by atoms with Gasteiger partial charge in [0.1, 0.15) is 11.8 Å². The summed E-state index contributed by atoms with van der Waals surface area (Å²) < 4.78 is 5.06. The molecular formula is C13H15ClN2O4. The molecule has 1 atom stereocenters. The second-order valence-electron chi connectivity index (χ2n) is 4.47. The average molecular weight is 299 g/mol. The first kappa shape index (κ1) is 14.5. The fourth-order valence-corrected chi connectivity index (χ4v) is 2.39. The van der Waals surface area contributed by atoms with Crippen LogP contribution in [0.3, 0.4) is 0 Å². The summed E-state index contributed by atoms with van der Waals surface area (Å²) in [6.07, 6.45) is 1.17. The second-order valence-corrected chi connectivity index (χ2v) is 4.88. The van der Waals surface area contributed by atoms with Crippen molar-refractivity contribution in [3.63, 3.8) is 0 Å². The number of carboxylic acids is 1.